The molecule has 4 heteroatoms. The van der Waals surface area contributed by atoms with Crippen LogP contribution < -0.4 is 9.80 Å². The molecular weight excluding hydrogens is 657 g/mol. The second kappa shape index (κ2) is 15.2. The second-order valence-corrected chi connectivity index (χ2v) is 14.4. The highest BCUT2D eigenvalue weighted by Crippen LogP contribution is 2.50. The Kier molecular flexibility index (Phi) is 10.0. The molecule has 0 aliphatic carbocycles. The van der Waals surface area contributed by atoms with Crippen molar-refractivity contribution in [1.82, 2.24) is 0 Å². The zero-order chi connectivity index (χ0) is 37.9. The summed E-state index contributed by atoms with van der Waals surface area (Å²) in [6.07, 6.45) is 6.68. The summed E-state index contributed by atoms with van der Waals surface area (Å²) < 4.78 is 0. The molecular formula is C50H44N4. The smallest absolute Gasteiger partial charge is 0.101 e. The fourth-order valence-corrected chi connectivity index (χ4v) is 7.77. The highest BCUT2D eigenvalue weighted by molar-refractivity contribution is 6.29. The van der Waals surface area contributed by atoms with Crippen molar-refractivity contribution in [2.75, 3.05) is 9.80 Å². The predicted octanol–water partition coefficient (Wildman–Crippen LogP) is 14.2. The summed E-state index contributed by atoms with van der Waals surface area (Å²) >= 11 is 0. The molecule has 0 aliphatic heterocycles. The maximum Gasteiger partial charge on any atom is 0.101 e. The van der Waals surface area contributed by atoms with E-state index in [4.69, 9.17) is 0 Å². The molecule has 0 aromatic heterocycles. The SMILES string of the molecule is C=CC/C=C\C(=C(/C)C#N)N(c1ccccc1)c1cc(C(C)C)c2ccc3c(N(c4ccccc4)c4ccccc4C#N)cc(C(C)C)c4ccc1c2c43. The molecule has 0 spiro atoms. The molecule has 264 valence electrons. The van der Waals surface area contributed by atoms with Gasteiger partial charge in [-0.15, -0.1) is 6.58 Å². The number of nitrogens with zero attached hydrogens (tertiary/aromatic N) is 4. The Morgan fingerprint density at radius 3 is 1.72 bits per heavy atom. The first-order chi connectivity index (χ1) is 26.3. The van der Waals surface area contributed by atoms with E-state index in [1.807, 2.05) is 73.7 Å². The third-order valence-electron chi connectivity index (χ3n) is 10.3. The monoisotopic (exact) mass is 700 g/mol. The lowest BCUT2D eigenvalue weighted by Gasteiger charge is -2.32. The molecule has 4 nitrogen and oxygen atoms in total. The first kappa shape index (κ1) is 35.8. The van der Waals surface area contributed by atoms with Crippen molar-refractivity contribution in [3.8, 4) is 12.1 Å². The third kappa shape index (κ3) is 6.27. The molecule has 0 bridgehead atoms. The number of anilines is 5. The van der Waals surface area contributed by atoms with Crippen LogP contribution in [0.4, 0.5) is 28.4 Å². The highest BCUT2D eigenvalue weighted by Gasteiger charge is 2.27. The van der Waals surface area contributed by atoms with Gasteiger partial charge in [-0.3, -0.25) is 0 Å². The third-order valence-corrected chi connectivity index (χ3v) is 10.3. The lowest BCUT2D eigenvalue weighted by Crippen LogP contribution is -2.18. The van der Waals surface area contributed by atoms with Crippen molar-refractivity contribution in [3.05, 3.63) is 174 Å². The fourth-order valence-electron chi connectivity index (χ4n) is 7.77. The topological polar surface area (TPSA) is 54.1 Å². The quantitative estimate of drug-likeness (QED) is 0.0583. The van der Waals surface area contributed by atoms with Gasteiger partial charge in [0.2, 0.25) is 0 Å². The predicted molar refractivity (Wildman–Crippen MR) is 229 cm³/mol. The zero-order valence-corrected chi connectivity index (χ0v) is 31.6. The Labute approximate surface area is 319 Å². The summed E-state index contributed by atoms with van der Waals surface area (Å²) in [6, 6.07) is 47.2. The van der Waals surface area contributed by atoms with Crippen LogP contribution in [0.2, 0.25) is 0 Å². The molecule has 7 rings (SSSR count). The first-order valence-corrected chi connectivity index (χ1v) is 18.6. The summed E-state index contributed by atoms with van der Waals surface area (Å²) in [6.45, 7) is 14.8. The van der Waals surface area contributed by atoms with Crippen LogP contribution in [0.15, 0.2) is 157 Å². The Hall–Kier alpha value is -6.62. The minimum atomic E-state index is 0.221. The molecule has 0 aliphatic rings. The number of nitriles is 2. The molecule has 0 radical (unpaired) electrons. The van der Waals surface area contributed by atoms with Gasteiger partial charge in [0.15, 0.2) is 0 Å². The van der Waals surface area contributed by atoms with Crippen LogP contribution >= 0.6 is 0 Å². The molecule has 0 saturated heterocycles. The van der Waals surface area contributed by atoms with E-state index in [-0.39, 0.29) is 11.8 Å². The van der Waals surface area contributed by atoms with Crippen LogP contribution in [0.25, 0.3) is 32.3 Å². The van der Waals surface area contributed by atoms with Crippen LogP contribution in [0, 0.1) is 22.7 Å². The number of para-hydroxylation sites is 3. The summed E-state index contributed by atoms with van der Waals surface area (Å²) in [4.78, 5) is 4.50. The lowest BCUT2D eigenvalue weighted by molar-refractivity contribution is 0.875. The molecule has 0 N–H and O–H groups in total. The second-order valence-electron chi connectivity index (χ2n) is 14.4. The van der Waals surface area contributed by atoms with Gasteiger partial charge in [-0.1, -0.05) is 113 Å². The van der Waals surface area contributed by atoms with Crippen molar-refractivity contribution in [1.29, 1.82) is 10.5 Å². The molecule has 0 atom stereocenters. The van der Waals surface area contributed by atoms with E-state index in [9.17, 15) is 10.5 Å². The molecule has 0 saturated carbocycles. The molecule has 0 fully saturated rings. The van der Waals surface area contributed by atoms with Gasteiger partial charge in [0.1, 0.15) is 6.07 Å². The van der Waals surface area contributed by atoms with E-state index in [1.54, 1.807) is 0 Å². The van der Waals surface area contributed by atoms with Gasteiger partial charge in [0.25, 0.3) is 0 Å². The number of rotatable bonds is 11. The maximum absolute atomic E-state index is 10.4. The van der Waals surface area contributed by atoms with Crippen LogP contribution in [-0.2, 0) is 0 Å². The van der Waals surface area contributed by atoms with Crippen LogP contribution in [0.1, 0.15) is 69.6 Å². The summed E-state index contributed by atoms with van der Waals surface area (Å²) in [7, 11) is 0. The molecule has 7 aromatic carbocycles. The van der Waals surface area contributed by atoms with E-state index in [1.165, 1.54) is 32.7 Å². The first-order valence-electron chi connectivity index (χ1n) is 18.6. The number of benzene rings is 7. The number of hydrogen-bond acceptors (Lipinski definition) is 4. The van der Waals surface area contributed by atoms with Gasteiger partial charge in [-0.05, 0) is 112 Å². The van der Waals surface area contributed by atoms with E-state index in [2.05, 4.69) is 129 Å². The van der Waals surface area contributed by atoms with Gasteiger partial charge in [-0.25, -0.2) is 0 Å². The maximum atomic E-state index is 10.4. The molecule has 0 amide bonds. The van der Waals surface area contributed by atoms with E-state index < -0.39 is 0 Å². The van der Waals surface area contributed by atoms with Gasteiger partial charge < -0.3 is 9.80 Å². The van der Waals surface area contributed by atoms with Crippen molar-refractivity contribution >= 4 is 60.8 Å². The highest BCUT2D eigenvalue weighted by atomic mass is 15.2. The Bertz CT molecular complexity index is 2630. The van der Waals surface area contributed by atoms with Crippen molar-refractivity contribution in [3.63, 3.8) is 0 Å². The lowest BCUT2D eigenvalue weighted by atomic mass is 9.84. The summed E-state index contributed by atoms with van der Waals surface area (Å²) in [5.41, 5.74) is 9.37. The van der Waals surface area contributed by atoms with E-state index in [0.717, 1.165) is 44.9 Å². The summed E-state index contributed by atoms with van der Waals surface area (Å²) in [5.74, 6) is 0.448. The van der Waals surface area contributed by atoms with E-state index in [0.29, 0.717) is 17.6 Å². The Morgan fingerprint density at radius 2 is 1.17 bits per heavy atom. The number of hydrogen-bond donors (Lipinski definition) is 0. The number of allylic oxidation sites excluding steroid dienone is 4. The van der Waals surface area contributed by atoms with Crippen LogP contribution in [-0.4, -0.2) is 0 Å². The van der Waals surface area contributed by atoms with Crippen molar-refractivity contribution in [2.45, 2.75) is 52.9 Å². The molecule has 0 heterocycles. The minimum Gasteiger partial charge on any atom is -0.309 e. The van der Waals surface area contributed by atoms with Gasteiger partial charge in [0.05, 0.1) is 40.0 Å². The van der Waals surface area contributed by atoms with Gasteiger partial charge in [-0.2, -0.15) is 10.5 Å². The van der Waals surface area contributed by atoms with Gasteiger partial charge >= 0.3 is 0 Å². The van der Waals surface area contributed by atoms with E-state index >= 15 is 0 Å². The fraction of sp³-hybridized carbons (Fsp3) is 0.160. The minimum absolute atomic E-state index is 0.221. The summed E-state index contributed by atoms with van der Waals surface area (Å²) in [5, 5.41) is 27.8. The van der Waals surface area contributed by atoms with Crippen molar-refractivity contribution < 1.29 is 0 Å². The zero-order valence-electron chi connectivity index (χ0n) is 31.6. The van der Waals surface area contributed by atoms with Gasteiger partial charge in [0, 0.05) is 22.1 Å². The normalized spacial score (nSPS) is 12.1. The van der Waals surface area contributed by atoms with Crippen molar-refractivity contribution in [2.24, 2.45) is 0 Å². The standard InChI is InChI=1S/C50H44N4/c1-7-8-11-23-45(35(6)31-51)53(37-19-12-9-13-20-37)47-29-43(33(2)3)39-26-28-42-48(30-44(34(4)5)40-25-27-41(47)49(39)50(40)42)54(38-21-14-10-15-22-38)46-24-17-16-18-36(46)32-52/h7,9-30,33-34H,1,8H2,2-6H3/b23-11-,45-35-. The molecule has 54 heavy (non-hydrogen) atoms. The van der Waals surface area contributed by atoms with Crippen LogP contribution in [0.3, 0.4) is 0 Å². The molecule has 0 unspecified atom stereocenters. The van der Waals surface area contributed by atoms with Crippen LogP contribution in [0.5, 0.6) is 0 Å². The Balaban J connectivity index is 1.67. The average Bonchev–Trinajstić information content (AvgIpc) is 3.20. The Morgan fingerprint density at radius 1 is 0.648 bits per heavy atom. The largest absolute Gasteiger partial charge is 0.309 e. The molecule has 7 aromatic rings. The average molecular weight is 701 g/mol.